The zero-order valence-corrected chi connectivity index (χ0v) is 15.4. The van der Waals surface area contributed by atoms with E-state index < -0.39 is 17.4 Å². The van der Waals surface area contributed by atoms with Gasteiger partial charge in [0, 0.05) is 4.90 Å². The van der Waals surface area contributed by atoms with Gasteiger partial charge in [0.1, 0.15) is 5.75 Å². The number of benzene rings is 1. The molecular formula is C18H26O4S. The third-order valence-electron chi connectivity index (χ3n) is 3.81. The quantitative estimate of drug-likeness (QED) is 0.306. The summed E-state index contributed by atoms with van der Waals surface area (Å²) >= 11 is 1.49. The number of ether oxygens (including phenoxy) is 2. The van der Waals surface area contributed by atoms with Crippen molar-refractivity contribution in [2.24, 2.45) is 11.3 Å². The van der Waals surface area contributed by atoms with Crippen molar-refractivity contribution in [3.8, 4) is 5.75 Å². The maximum atomic E-state index is 12.7. The third-order valence-corrected chi connectivity index (χ3v) is 4.59. The number of carbonyl (C=O) groups excluding carboxylic acids is 2. The van der Waals surface area contributed by atoms with Gasteiger partial charge in [-0.15, -0.1) is 11.8 Å². The Morgan fingerprint density at radius 1 is 1.13 bits per heavy atom. The first-order chi connectivity index (χ1) is 10.9. The van der Waals surface area contributed by atoms with E-state index in [2.05, 4.69) is 0 Å². The van der Waals surface area contributed by atoms with Crippen molar-refractivity contribution < 1.29 is 19.1 Å². The molecule has 5 heteroatoms. The van der Waals surface area contributed by atoms with Gasteiger partial charge in [0.15, 0.2) is 5.41 Å². The molecule has 0 bridgehead atoms. The fourth-order valence-corrected chi connectivity index (χ4v) is 2.72. The van der Waals surface area contributed by atoms with Gasteiger partial charge >= 0.3 is 11.9 Å². The number of carbonyl (C=O) groups is 2. The summed E-state index contributed by atoms with van der Waals surface area (Å²) in [6.07, 6.45) is 2.61. The molecule has 1 aromatic rings. The van der Waals surface area contributed by atoms with Gasteiger partial charge in [-0.3, -0.25) is 9.59 Å². The Morgan fingerprint density at radius 3 is 2.26 bits per heavy atom. The molecular weight excluding hydrogens is 312 g/mol. The molecule has 0 aliphatic heterocycles. The molecule has 0 spiro atoms. The van der Waals surface area contributed by atoms with Crippen LogP contribution >= 0.6 is 11.8 Å². The summed E-state index contributed by atoms with van der Waals surface area (Å²) in [5.74, 6) is -0.341. The van der Waals surface area contributed by atoms with E-state index in [-0.39, 0.29) is 5.92 Å². The Kier molecular flexibility index (Phi) is 7.62. The highest BCUT2D eigenvalue weighted by Crippen LogP contribution is 2.34. The lowest BCUT2D eigenvalue weighted by atomic mass is 9.82. The van der Waals surface area contributed by atoms with Gasteiger partial charge < -0.3 is 9.47 Å². The van der Waals surface area contributed by atoms with Crippen LogP contribution < -0.4 is 4.74 Å². The lowest BCUT2D eigenvalue weighted by molar-refractivity contribution is -0.169. The van der Waals surface area contributed by atoms with Crippen LogP contribution in [-0.4, -0.2) is 24.8 Å². The SMILES string of the molecule is CCC(CC)(C(=O)OCC(C)C)C(=O)Oc1ccccc1SC. The summed E-state index contributed by atoms with van der Waals surface area (Å²) in [7, 11) is 0. The van der Waals surface area contributed by atoms with Gasteiger partial charge in [0.25, 0.3) is 0 Å². The molecule has 0 aliphatic rings. The Morgan fingerprint density at radius 2 is 1.74 bits per heavy atom. The molecule has 0 heterocycles. The smallest absolute Gasteiger partial charge is 0.328 e. The summed E-state index contributed by atoms with van der Waals surface area (Å²) in [5, 5.41) is 0. The molecule has 0 aliphatic carbocycles. The third kappa shape index (κ3) is 4.74. The molecule has 0 N–H and O–H groups in total. The molecule has 23 heavy (non-hydrogen) atoms. The van der Waals surface area contributed by atoms with Crippen LogP contribution in [0.5, 0.6) is 5.75 Å². The molecule has 128 valence electrons. The first-order valence-corrected chi connectivity index (χ1v) is 9.16. The van der Waals surface area contributed by atoms with Gasteiger partial charge in [0.05, 0.1) is 6.61 Å². The maximum Gasteiger partial charge on any atom is 0.328 e. The van der Waals surface area contributed by atoms with Gasteiger partial charge in [-0.1, -0.05) is 39.8 Å². The Labute approximate surface area is 142 Å². The predicted molar refractivity (Wildman–Crippen MR) is 92.7 cm³/mol. The molecule has 1 aromatic carbocycles. The molecule has 0 radical (unpaired) electrons. The summed E-state index contributed by atoms with van der Waals surface area (Å²) in [5.41, 5.74) is -1.25. The lowest BCUT2D eigenvalue weighted by Gasteiger charge is -2.27. The average Bonchev–Trinajstić information content (AvgIpc) is 2.55. The van der Waals surface area contributed by atoms with Crippen LogP contribution in [0.4, 0.5) is 0 Å². The zero-order chi connectivity index (χ0) is 17.5. The number of rotatable bonds is 8. The van der Waals surface area contributed by atoms with E-state index in [4.69, 9.17) is 9.47 Å². The summed E-state index contributed by atoms with van der Waals surface area (Å²) < 4.78 is 10.9. The second-order valence-corrected chi connectivity index (χ2v) is 6.67. The fourth-order valence-electron chi connectivity index (χ4n) is 2.19. The first kappa shape index (κ1) is 19.6. The molecule has 4 nitrogen and oxygen atoms in total. The Balaban J connectivity index is 2.99. The average molecular weight is 338 g/mol. The van der Waals surface area contributed by atoms with Gasteiger partial charge in [-0.2, -0.15) is 0 Å². The van der Waals surface area contributed by atoms with E-state index >= 15 is 0 Å². The van der Waals surface area contributed by atoms with Crippen molar-refractivity contribution in [2.45, 2.75) is 45.4 Å². The van der Waals surface area contributed by atoms with E-state index in [1.807, 2.05) is 46.1 Å². The molecule has 0 amide bonds. The summed E-state index contributed by atoms with van der Waals surface area (Å²) in [6, 6.07) is 7.30. The Hall–Kier alpha value is -1.49. The van der Waals surface area contributed by atoms with Crippen molar-refractivity contribution in [3.63, 3.8) is 0 Å². The van der Waals surface area contributed by atoms with Crippen molar-refractivity contribution >= 4 is 23.7 Å². The fraction of sp³-hybridized carbons (Fsp3) is 0.556. The minimum Gasteiger partial charge on any atom is -0.465 e. The van der Waals surface area contributed by atoms with Crippen LogP contribution in [0.15, 0.2) is 29.2 Å². The number of thioether (sulfide) groups is 1. The topological polar surface area (TPSA) is 52.6 Å². The summed E-state index contributed by atoms with van der Waals surface area (Å²) in [6.45, 7) is 7.83. The van der Waals surface area contributed by atoms with Crippen molar-refractivity contribution in [3.05, 3.63) is 24.3 Å². The van der Waals surface area contributed by atoms with Gasteiger partial charge in [0.2, 0.25) is 0 Å². The highest BCUT2D eigenvalue weighted by molar-refractivity contribution is 7.98. The normalized spacial score (nSPS) is 11.4. The Bertz CT molecular complexity index is 536. The molecule has 0 saturated heterocycles. The molecule has 0 fully saturated rings. The zero-order valence-electron chi connectivity index (χ0n) is 14.5. The van der Waals surface area contributed by atoms with E-state index in [0.717, 1.165) is 4.90 Å². The molecule has 0 saturated carbocycles. The van der Waals surface area contributed by atoms with Gasteiger partial charge in [-0.25, -0.2) is 0 Å². The van der Waals surface area contributed by atoms with E-state index in [0.29, 0.717) is 25.2 Å². The molecule has 0 atom stereocenters. The van der Waals surface area contributed by atoms with E-state index in [9.17, 15) is 9.59 Å². The second-order valence-electron chi connectivity index (χ2n) is 5.82. The van der Waals surface area contributed by atoms with Crippen molar-refractivity contribution in [2.75, 3.05) is 12.9 Å². The predicted octanol–water partition coefficient (Wildman–Crippen LogP) is 4.32. The number of para-hydroxylation sites is 1. The monoisotopic (exact) mass is 338 g/mol. The molecule has 0 aromatic heterocycles. The largest absolute Gasteiger partial charge is 0.465 e. The van der Waals surface area contributed by atoms with Crippen molar-refractivity contribution in [1.82, 2.24) is 0 Å². The van der Waals surface area contributed by atoms with Crippen LogP contribution in [0.1, 0.15) is 40.5 Å². The standard InChI is InChI=1S/C18H26O4S/c1-6-18(7-2,16(19)21-12-13(3)4)17(20)22-14-10-8-9-11-15(14)23-5/h8-11,13H,6-7,12H2,1-5H3. The minimum atomic E-state index is -1.25. The number of esters is 2. The van der Waals surface area contributed by atoms with Gasteiger partial charge in [-0.05, 0) is 37.1 Å². The van der Waals surface area contributed by atoms with Crippen LogP contribution in [0, 0.1) is 11.3 Å². The van der Waals surface area contributed by atoms with E-state index in [1.165, 1.54) is 11.8 Å². The molecule has 1 rings (SSSR count). The minimum absolute atomic E-state index is 0.221. The first-order valence-electron chi connectivity index (χ1n) is 7.93. The highest BCUT2D eigenvalue weighted by atomic mass is 32.2. The lowest BCUT2D eigenvalue weighted by Crippen LogP contribution is -2.43. The van der Waals surface area contributed by atoms with Crippen LogP contribution in [-0.2, 0) is 14.3 Å². The summed E-state index contributed by atoms with van der Waals surface area (Å²) in [4.78, 5) is 26.1. The van der Waals surface area contributed by atoms with Crippen LogP contribution in [0.2, 0.25) is 0 Å². The maximum absolute atomic E-state index is 12.7. The number of hydrogen-bond acceptors (Lipinski definition) is 5. The van der Waals surface area contributed by atoms with Crippen LogP contribution in [0.3, 0.4) is 0 Å². The number of hydrogen-bond donors (Lipinski definition) is 0. The molecule has 0 unspecified atom stereocenters. The highest BCUT2D eigenvalue weighted by Gasteiger charge is 2.46. The van der Waals surface area contributed by atoms with Crippen LogP contribution in [0.25, 0.3) is 0 Å². The second kappa shape index (κ2) is 8.96. The van der Waals surface area contributed by atoms with E-state index in [1.54, 1.807) is 12.1 Å². The van der Waals surface area contributed by atoms with Crippen molar-refractivity contribution in [1.29, 1.82) is 0 Å².